The van der Waals surface area contributed by atoms with Crippen molar-refractivity contribution >= 4 is 17.5 Å². The van der Waals surface area contributed by atoms with Crippen LogP contribution >= 0.6 is 11.6 Å². The minimum atomic E-state index is -0.256. The van der Waals surface area contributed by atoms with Gasteiger partial charge in [0.1, 0.15) is 5.75 Å². The predicted octanol–water partition coefficient (Wildman–Crippen LogP) is 3.33. The smallest absolute Gasteiger partial charge is 0.257 e. The normalized spacial score (nSPS) is 10.4. The Labute approximate surface area is 143 Å². The van der Waals surface area contributed by atoms with Gasteiger partial charge in [-0.2, -0.15) is 4.98 Å². The fourth-order valence-electron chi connectivity index (χ4n) is 2.07. The van der Waals surface area contributed by atoms with Crippen LogP contribution in [0.3, 0.4) is 0 Å². The standard InChI is InChI=1S/C17H14ClN3O3/c1-23-14-7-5-11(6-8-14)17-20-15(21-24-17)10-19-16(22)12-3-2-4-13(18)9-12/h2-9H,10H2,1H3,(H,19,22). The predicted molar refractivity (Wildman–Crippen MR) is 88.9 cm³/mol. The second-order valence-corrected chi connectivity index (χ2v) is 5.37. The second kappa shape index (κ2) is 7.14. The summed E-state index contributed by atoms with van der Waals surface area (Å²) in [6, 6.07) is 13.9. The molecule has 24 heavy (non-hydrogen) atoms. The van der Waals surface area contributed by atoms with Gasteiger partial charge in [0.25, 0.3) is 11.8 Å². The van der Waals surface area contributed by atoms with Gasteiger partial charge in [0.05, 0.1) is 13.7 Å². The number of nitrogens with one attached hydrogen (secondary N) is 1. The van der Waals surface area contributed by atoms with Gasteiger partial charge in [-0.05, 0) is 42.5 Å². The van der Waals surface area contributed by atoms with E-state index in [1.807, 2.05) is 12.1 Å². The lowest BCUT2D eigenvalue weighted by molar-refractivity contribution is 0.0949. The molecule has 1 heterocycles. The molecule has 2 aromatic carbocycles. The highest BCUT2D eigenvalue weighted by atomic mass is 35.5. The Morgan fingerprint density at radius 1 is 1.25 bits per heavy atom. The Balaban J connectivity index is 1.64. The summed E-state index contributed by atoms with van der Waals surface area (Å²) in [5, 5.41) is 7.09. The average Bonchev–Trinajstić information content (AvgIpc) is 3.09. The highest BCUT2D eigenvalue weighted by Gasteiger charge is 2.11. The topological polar surface area (TPSA) is 77.2 Å². The van der Waals surface area contributed by atoms with E-state index >= 15 is 0 Å². The number of amides is 1. The van der Waals surface area contributed by atoms with Gasteiger partial charge in [-0.15, -0.1) is 0 Å². The van der Waals surface area contributed by atoms with Crippen LogP contribution in [-0.4, -0.2) is 23.2 Å². The molecule has 0 aliphatic rings. The molecule has 0 fully saturated rings. The molecule has 0 spiro atoms. The van der Waals surface area contributed by atoms with Gasteiger partial charge in [-0.25, -0.2) is 0 Å². The average molecular weight is 344 g/mol. The molecule has 3 rings (SSSR count). The van der Waals surface area contributed by atoms with E-state index < -0.39 is 0 Å². The fourth-order valence-corrected chi connectivity index (χ4v) is 2.26. The molecule has 1 amide bonds. The minimum absolute atomic E-state index is 0.158. The monoisotopic (exact) mass is 343 g/mol. The molecule has 0 radical (unpaired) electrons. The summed E-state index contributed by atoms with van der Waals surface area (Å²) in [5.41, 5.74) is 1.25. The Morgan fingerprint density at radius 2 is 2.04 bits per heavy atom. The van der Waals surface area contributed by atoms with Crippen molar-refractivity contribution in [3.8, 4) is 17.2 Å². The summed E-state index contributed by atoms with van der Waals surface area (Å²) in [6.45, 7) is 0.158. The lowest BCUT2D eigenvalue weighted by Crippen LogP contribution is -2.23. The number of methoxy groups -OCH3 is 1. The molecule has 122 valence electrons. The van der Waals surface area contributed by atoms with Gasteiger partial charge in [0.15, 0.2) is 5.82 Å². The lowest BCUT2D eigenvalue weighted by atomic mass is 10.2. The van der Waals surface area contributed by atoms with Crippen molar-refractivity contribution in [1.82, 2.24) is 15.5 Å². The Bertz CT molecular complexity index is 846. The van der Waals surface area contributed by atoms with Crippen LogP contribution in [0.2, 0.25) is 5.02 Å². The molecule has 0 aliphatic heterocycles. The van der Waals surface area contributed by atoms with Crippen molar-refractivity contribution in [1.29, 1.82) is 0 Å². The second-order valence-electron chi connectivity index (χ2n) is 4.94. The number of carbonyl (C=O) groups is 1. The van der Waals surface area contributed by atoms with Crippen molar-refractivity contribution in [3.63, 3.8) is 0 Å². The maximum absolute atomic E-state index is 12.0. The van der Waals surface area contributed by atoms with Gasteiger partial charge < -0.3 is 14.6 Å². The first-order chi connectivity index (χ1) is 11.7. The summed E-state index contributed by atoms with van der Waals surface area (Å²) in [4.78, 5) is 16.3. The summed E-state index contributed by atoms with van der Waals surface area (Å²) in [6.07, 6.45) is 0. The number of hydrogen-bond donors (Lipinski definition) is 1. The van der Waals surface area contributed by atoms with Crippen molar-refractivity contribution in [2.75, 3.05) is 7.11 Å². The van der Waals surface area contributed by atoms with Gasteiger partial charge in [0, 0.05) is 16.1 Å². The highest BCUT2D eigenvalue weighted by molar-refractivity contribution is 6.30. The Morgan fingerprint density at radius 3 is 2.75 bits per heavy atom. The first-order valence-electron chi connectivity index (χ1n) is 7.16. The zero-order valence-electron chi connectivity index (χ0n) is 12.8. The molecule has 1 aromatic heterocycles. The van der Waals surface area contributed by atoms with Crippen LogP contribution in [0, 0.1) is 0 Å². The molecule has 7 heteroatoms. The number of hydrogen-bond acceptors (Lipinski definition) is 5. The van der Waals surface area contributed by atoms with E-state index in [-0.39, 0.29) is 12.5 Å². The molecule has 6 nitrogen and oxygen atoms in total. The summed E-state index contributed by atoms with van der Waals surface area (Å²) in [5.74, 6) is 1.25. The number of carbonyl (C=O) groups excluding carboxylic acids is 1. The molecule has 0 aliphatic carbocycles. The molecule has 0 unspecified atom stereocenters. The molecule has 1 N–H and O–H groups in total. The zero-order valence-corrected chi connectivity index (χ0v) is 13.6. The molecular formula is C17H14ClN3O3. The third kappa shape index (κ3) is 3.72. The SMILES string of the molecule is COc1ccc(-c2nc(CNC(=O)c3cccc(Cl)c3)no2)cc1. The minimum Gasteiger partial charge on any atom is -0.497 e. The van der Waals surface area contributed by atoms with E-state index in [2.05, 4.69) is 15.5 Å². The molecule has 0 saturated heterocycles. The van der Waals surface area contributed by atoms with E-state index in [9.17, 15) is 4.79 Å². The number of rotatable bonds is 5. The number of halogens is 1. The van der Waals surface area contributed by atoms with E-state index in [0.717, 1.165) is 11.3 Å². The van der Waals surface area contributed by atoms with Crippen molar-refractivity contribution < 1.29 is 14.1 Å². The third-order valence-corrected chi connectivity index (χ3v) is 3.53. The Hall–Kier alpha value is -2.86. The third-order valence-electron chi connectivity index (χ3n) is 3.30. The van der Waals surface area contributed by atoms with Gasteiger partial charge in [-0.3, -0.25) is 4.79 Å². The highest BCUT2D eigenvalue weighted by Crippen LogP contribution is 2.20. The quantitative estimate of drug-likeness (QED) is 0.768. The maximum Gasteiger partial charge on any atom is 0.257 e. The first kappa shape index (κ1) is 16.0. The van der Waals surface area contributed by atoms with Gasteiger partial charge in [0.2, 0.25) is 0 Å². The van der Waals surface area contributed by atoms with Gasteiger partial charge >= 0.3 is 0 Å². The lowest BCUT2D eigenvalue weighted by Gasteiger charge is -2.02. The van der Waals surface area contributed by atoms with Crippen LogP contribution in [0.5, 0.6) is 5.75 Å². The van der Waals surface area contributed by atoms with Crippen molar-refractivity contribution in [2.45, 2.75) is 6.54 Å². The van der Waals surface area contributed by atoms with E-state index in [1.165, 1.54) is 0 Å². The first-order valence-corrected chi connectivity index (χ1v) is 7.54. The Kier molecular flexibility index (Phi) is 4.77. The van der Waals surface area contributed by atoms with Crippen LogP contribution in [0.4, 0.5) is 0 Å². The number of benzene rings is 2. The molecule has 0 saturated carbocycles. The van der Waals surface area contributed by atoms with E-state index in [0.29, 0.717) is 22.3 Å². The van der Waals surface area contributed by atoms with Crippen molar-refractivity contribution in [2.24, 2.45) is 0 Å². The largest absolute Gasteiger partial charge is 0.497 e. The van der Waals surface area contributed by atoms with Crippen LogP contribution in [0.1, 0.15) is 16.2 Å². The van der Waals surface area contributed by atoms with Crippen molar-refractivity contribution in [3.05, 3.63) is 64.9 Å². The van der Waals surface area contributed by atoms with E-state index in [4.69, 9.17) is 20.9 Å². The van der Waals surface area contributed by atoms with Crippen LogP contribution in [-0.2, 0) is 6.54 Å². The summed E-state index contributed by atoms with van der Waals surface area (Å²) >= 11 is 5.87. The number of nitrogens with zero attached hydrogens (tertiary/aromatic N) is 2. The molecule has 0 atom stereocenters. The van der Waals surface area contributed by atoms with Crippen LogP contribution in [0.15, 0.2) is 53.1 Å². The number of ether oxygens (including phenoxy) is 1. The van der Waals surface area contributed by atoms with Crippen LogP contribution in [0.25, 0.3) is 11.5 Å². The number of aromatic nitrogens is 2. The maximum atomic E-state index is 12.0. The van der Waals surface area contributed by atoms with E-state index in [1.54, 1.807) is 43.5 Å². The summed E-state index contributed by atoms with van der Waals surface area (Å²) < 4.78 is 10.3. The molecule has 3 aromatic rings. The fraction of sp³-hybridized carbons (Fsp3) is 0.118. The summed E-state index contributed by atoms with van der Waals surface area (Å²) in [7, 11) is 1.60. The molecular weight excluding hydrogens is 330 g/mol. The van der Waals surface area contributed by atoms with Gasteiger partial charge in [-0.1, -0.05) is 22.8 Å². The van der Waals surface area contributed by atoms with Crippen LogP contribution < -0.4 is 10.1 Å². The molecule has 0 bridgehead atoms. The zero-order chi connectivity index (χ0) is 16.9.